The van der Waals surface area contributed by atoms with Gasteiger partial charge in [-0.05, 0) is 6.07 Å². The quantitative estimate of drug-likeness (QED) is 0.714. The van der Waals surface area contributed by atoms with Crippen LogP contribution in [0.3, 0.4) is 0 Å². The average Bonchev–Trinajstić information content (AvgIpc) is 2.19. The van der Waals surface area contributed by atoms with Crippen molar-refractivity contribution in [3.63, 3.8) is 0 Å². The lowest BCUT2D eigenvalue weighted by molar-refractivity contribution is 0.168. The molecular weight excluding hydrogens is 166 g/mol. The maximum absolute atomic E-state index is 5.15. The Kier molecular flexibility index (Phi) is 4.02. The lowest BCUT2D eigenvalue weighted by atomic mass is 10.2. The molecule has 0 bridgehead atoms. The minimum atomic E-state index is 0.401. The zero-order chi connectivity index (χ0) is 9.52. The standard InChI is InChI=1S/C10H13NO2/c1-12-10-7-3-2-5-9(10)6-4-8-13-11/h2-7H,8,11H2,1H3. The summed E-state index contributed by atoms with van der Waals surface area (Å²) in [5, 5.41) is 0. The first-order valence-corrected chi connectivity index (χ1v) is 3.99. The number of para-hydroxylation sites is 1. The van der Waals surface area contributed by atoms with E-state index in [2.05, 4.69) is 4.84 Å². The average molecular weight is 179 g/mol. The van der Waals surface area contributed by atoms with Gasteiger partial charge in [0, 0.05) is 5.56 Å². The molecule has 0 aliphatic heterocycles. The van der Waals surface area contributed by atoms with E-state index in [4.69, 9.17) is 10.6 Å². The molecule has 3 heteroatoms. The van der Waals surface area contributed by atoms with Crippen molar-refractivity contribution in [2.45, 2.75) is 0 Å². The van der Waals surface area contributed by atoms with Gasteiger partial charge in [-0.2, -0.15) is 0 Å². The van der Waals surface area contributed by atoms with Gasteiger partial charge in [0.25, 0.3) is 0 Å². The summed E-state index contributed by atoms with van der Waals surface area (Å²) in [6.07, 6.45) is 3.74. The van der Waals surface area contributed by atoms with E-state index in [0.29, 0.717) is 6.61 Å². The second kappa shape index (κ2) is 5.35. The van der Waals surface area contributed by atoms with Crippen LogP contribution in [0.5, 0.6) is 5.75 Å². The molecule has 13 heavy (non-hydrogen) atoms. The van der Waals surface area contributed by atoms with Crippen molar-refractivity contribution in [3.05, 3.63) is 35.9 Å². The van der Waals surface area contributed by atoms with E-state index >= 15 is 0 Å². The summed E-state index contributed by atoms with van der Waals surface area (Å²) in [4.78, 5) is 4.41. The zero-order valence-electron chi connectivity index (χ0n) is 7.57. The summed E-state index contributed by atoms with van der Waals surface area (Å²) in [6.45, 7) is 0.401. The highest BCUT2D eigenvalue weighted by Crippen LogP contribution is 2.18. The fourth-order valence-corrected chi connectivity index (χ4v) is 1.03. The highest BCUT2D eigenvalue weighted by molar-refractivity contribution is 5.57. The summed E-state index contributed by atoms with van der Waals surface area (Å²) >= 11 is 0. The molecule has 0 heterocycles. The maximum atomic E-state index is 5.15. The SMILES string of the molecule is COc1ccccc1C=CCON. The van der Waals surface area contributed by atoms with Gasteiger partial charge in [-0.3, -0.25) is 0 Å². The lowest BCUT2D eigenvalue weighted by Crippen LogP contribution is -1.97. The van der Waals surface area contributed by atoms with Gasteiger partial charge in [0.1, 0.15) is 5.75 Å². The van der Waals surface area contributed by atoms with Crippen LogP contribution < -0.4 is 10.6 Å². The van der Waals surface area contributed by atoms with Crippen molar-refractivity contribution in [1.82, 2.24) is 0 Å². The molecule has 0 saturated carbocycles. The van der Waals surface area contributed by atoms with Crippen molar-refractivity contribution < 1.29 is 9.57 Å². The third-order valence-corrected chi connectivity index (χ3v) is 1.63. The molecule has 3 nitrogen and oxygen atoms in total. The molecule has 0 spiro atoms. The van der Waals surface area contributed by atoms with Crippen LogP contribution in [0.25, 0.3) is 6.08 Å². The fourth-order valence-electron chi connectivity index (χ4n) is 1.03. The molecule has 0 aliphatic carbocycles. The Hall–Kier alpha value is -1.32. The van der Waals surface area contributed by atoms with E-state index in [0.717, 1.165) is 11.3 Å². The first-order valence-electron chi connectivity index (χ1n) is 3.99. The van der Waals surface area contributed by atoms with Crippen LogP contribution in [0.1, 0.15) is 5.56 Å². The van der Waals surface area contributed by atoms with Crippen molar-refractivity contribution in [2.24, 2.45) is 5.90 Å². The smallest absolute Gasteiger partial charge is 0.126 e. The molecule has 0 aromatic heterocycles. The van der Waals surface area contributed by atoms with Gasteiger partial charge < -0.3 is 9.57 Å². The fraction of sp³-hybridized carbons (Fsp3) is 0.200. The van der Waals surface area contributed by atoms with E-state index in [1.165, 1.54) is 0 Å². The molecule has 0 unspecified atom stereocenters. The Morgan fingerprint density at radius 2 is 2.15 bits per heavy atom. The molecule has 2 N–H and O–H groups in total. The number of methoxy groups -OCH3 is 1. The van der Waals surface area contributed by atoms with Gasteiger partial charge in [-0.15, -0.1) is 0 Å². The van der Waals surface area contributed by atoms with E-state index in [-0.39, 0.29) is 0 Å². The molecule has 0 aliphatic rings. The highest BCUT2D eigenvalue weighted by Gasteiger charge is 1.95. The Bertz CT molecular complexity index is 284. The lowest BCUT2D eigenvalue weighted by Gasteiger charge is -2.02. The topological polar surface area (TPSA) is 44.5 Å². The van der Waals surface area contributed by atoms with Gasteiger partial charge in [-0.1, -0.05) is 30.4 Å². The van der Waals surface area contributed by atoms with Crippen molar-refractivity contribution in [2.75, 3.05) is 13.7 Å². The van der Waals surface area contributed by atoms with E-state index in [9.17, 15) is 0 Å². The third-order valence-electron chi connectivity index (χ3n) is 1.63. The van der Waals surface area contributed by atoms with Crippen LogP contribution >= 0.6 is 0 Å². The molecular formula is C10H13NO2. The number of benzene rings is 1. The zero-order valence-corrected chi connectivity index (χ0v) is 7.57. The number of rotatable bonds is 4. The number of ether oxygens (including phenoxy) is 1. The van der Waals surface area contributed by atoms with Crippen LogP contribution in [0, 0.1) is 0 Å². The Morgan fingerprint density at radius 1 is 1.38 bits per heavy atom. The molecule has 1 rings (SSSR count). The van der Waals surface area contributed by atoms with Gasteiger partial charge in [0.05, 0.1) is 13.7 Å². The highest BCUT2D eigenvalue weighted by atomic mass is 16.6. The molecule has 0 atom stereocenters. The van der Waals surface area contributed by atoms with Gasteiger partial charge >= 0.3 is 0 Å². The Morgan fingerprint density at radius 3 is 2.85 bits per heavy atom. The second-order valence-electron chi connectivity index (χ2n) is 2.48. The van der Waals surface area contributed by atoms with Crippen LogP contribution in [0.4, 0.5) is 0 Å². The summed E-state index contributed by atoms with van der Waals surface area (Å²) in [5.41, 5.74) is 1.02. The van der Waals surface area contributed by atoms with Crippen LogP contribution in [-0.4, -0.2) is 13.7 Å². The number of hydrogen-bond acceptors (Lipinski definition) is 3. The van der Waals surface area contributed by atoms with Crippen LogP contribution in [0.2, 0.25) is 0 Å². The van der Waals surface area contributed by atoms with Crippen LogP contribution in [0.15, 0.2) is 30.3 Å². The molecule has 0 fully saturated rings. The van der Waals surface area contributed by atoms with E-state index in [1.54, 1.807) is 7.11 Å². The molecule has 0 saturated heterocycles. The molecule has 70 valence electrons. The normalized spacial score (nSPS) is 10.6. The molecule has 1 aromatic rings. The first-order chi connectivity index (χ1) is 6.38. The first kappa shape index (κ1) is 9.77. The molecule has 0 amide bonds. The van der Waals surface area contributed by atoms with Gasteiger partial charge in [-0.25, -0.2) is 5.90 Å². The third kappa shape index (κ3) is 2.89. The summed E-state index contributed by atoms with van der Waals surface area (Å²) in [5.74, 6) is 5.72. The summed E-state index contributed by atoms with van der Waals surface area (Å²) < 4.78 is 5.15. The molecule has 1 aromatic carbocycles. The maximum Gasteiger partial charge on any atom is 0.126 e. The largest absolute Gasteiger partial charge is 0.496 e. The monoisotopic (exact) mass is 179 g/mol. The minimum Gasteiger partial charge on any atom is -0.496 e. The predicted molar refractivity (Wildman–Crippen MR) is 52.2 cm³/mol. The Labute approximate surface area is 77.7 Å². The van der Waals surface area contributed by atoms with Crippen molar-refractivity contribution in [1.29, 1.82) is 0 Å². The Balaban J connectivity index is 2.74. The van der Waals surface area contributed by atoms with Crippen molar-refractivity contribution >= 4 is 6.08 Å². The van der Waals surface area contributed by atoms with Gasteiger partial charge in [0.2, 0.25) is 0 Å². The number of hydrogen-bond donors (Lipinski definition) is 1. The summed E-state index contributed by atoms with van der Waals surface area (Å²) in [6, 6.07) is 7.75. The van der Waals surface area contributed by atoms with E-state index < -0.39 is 0 Å². The second-order valence-corrected chi connectivity index (χ2v) is 2.48. The van der Waals surface area contributed by atoms with Gasteiger partial charge in [0.15, 0.2) is 0 Å². The van der Waals surface area contributed by atoms with Crippen LogP contribution in [-0.2, 0) is 4.84 Å². The van der Waals surface area contributed by atoms with Crippen molar-refractivity contribution in [3.8, 4) is 5.75 Å². The number of nitrogens with two attached hydrogens (primary N) is 1. The van der Waals surface area contributed by atoms with E-state index in [1.807, 2.05) is 36.4 Å². The summed E-state index contributed by atoms with van der Waals surface area (Å²) in [7, 11) is 1.64. The molecule has 0 radical (unpaired) electrons. The minimum absolute atomic E-state index is 0.401. The predicted octanol–water partition coefficient (Wildman–Crippen LogP) is 1.60.